The lowest BCUT2D eigenvalue weighted by Gasteiger charge is -2.48. The number of carbonyl (C=O) groups excluding carboxylic acids is 1. The van der Waals surface area contributed by atoms with Crippen LogP contribution in [0.25, 0.3) is 0 Å². The van der Waals surface area contributed by atoms with Crippen LogP contribution in [0, 0.1) is 0 Å². The molecule has 0 aromatic heterocycles. The number of unbranched alkanes of at least 4 members (excludes halogenated alkanes) is 23. The van der Waals surface area contributed by atoms with E-state index in [2.05, 4.69) is 104 Å². The van der Waals surface area contributed by atoms with Gasteiger partial charge in [-0.25, -0.2) is 0 Å². The maximum atomic E-state index is 13.4. The van der Waals surface area contributed by atoms with Gasteiger partial charge in [0, 0.05) is 6.42 Å². The molecule has 3 saturated heterocycles. The fourth-order valence-corrected chi connectivity index (χ4v) is 11.4. The minimum Gasteiger partial charge on any atom is -0.394 e. The normalized spacial score (nSPS) is 28.3. The number of nitrogens with one attached hydrogen (secondary N) is 1. The number of aliphatic hydroxyl groups is 11. The molecule has 12 N–H and O–H groups in total. The monoisotopic (exact) mass is 1300 g/mol. The largest absolute Gasteiger partial charge is 0.394 e. The first-order valence-electron chi connectivity index (χ1n) is 35.5. The molecule has 3 aliphatic rings. The summed E-state index contributed by atoms with van der Waals surface area (Å²) < 4.78 is 34.3. The van der Waals surface area contributed by atoms with Gasteiger partial charge < -0.3 is 89.9 Å². The molecule has 17 atom stereocenters. The topological polar surface area (TPSA) is 307 Å². The molecule has 0 aromatic rings. The summed E-state index contributed by atoms with van der Waals surface area (Å²) in [7, 11) is 0. The quantitative estimate of drug-likeness (QED) is 0.0199. The third-order valence-corrected chi connectivity index (χ3v) is 17.1. The number of aliphatic hydroxyl groups excluding tert-OH is 11. The van der Waals surface area contributed by atoms with Gasteiger partial charge in [0.1, 0.15) is 73.2 Å². The van der Waals surface area contributed by atoms with E-state index in [0.29, 0.717) is 12.8 Å². The summed E-state index contributed by atoms with van der Waals surface area (Å²) in [6.07, 6.45) is 43.9. The summed E-state index contributed by atoms with van der Waals surface area (Å²) in [6.45, 7) is 1.58. The van der Waals surface area contributed by atoms with Crippen LogP contribution in [0.4, 0.5) is 0 Å². The maximum Gasteiger partial charge on any atom is 0.220 e. The second kappa shape index (κ2) is 53.8. The summed E-state index contributed by atoms with van der Waals surface area (Å²) in [5.74, 6) is -0.290. The van der Waals surface area contributed by atoms with E-state index in [4.69, 9.17) is 28.4 Å². The van der Waals surface area contributed by atoms with E-state index < -0.39 is 124 Å². The van der Waals surface area contributed by atoms with Crippen molar-refractivity contribution >= 4 is 5.91 Å². The summed E-state index contributed by atoms with van der Waals surface area (Å²) in [5, 5.41) is 120. The van der Waals surface area contributed by atoms with Gasteiger partial charge in [-0.15, -0.1) is 0 Å². The second-order valence-corrected chi connectivity index (χ2v) is 25.0. The first-order valence-corrected chi connectivity index (χ1v) is 35.5. The van der Waals surface area contributed by atoms with Crippen LogP contribution in [0.5, 0.6) is 0 Å². The van der Waals surface area contributed by atoms with E-state index in [1.807, 2.05) is 6.08 Å². The molecule has 19 nitrogen and oxygen atoms in total. The molecule has 17 unspecified atom stereocenters. The lowest BCUT2D eigenvalue weighted by atomic mass is 9.96. The predicted octanol–water partition coefficient (Wildman–Crippen LogP) is 9.66. The third-order valence-electron chi connectivity index (χ3n) is 17.1. The number of ether oxygens (including phenoxy) is 6. The SMILES string of the molecule is CC/C=C\C/C=C\C/C=C\C/C=C\C/C=C\C/C=C\CCCCCCCCCCCCCCCCC(=O)NC(COC1OC(CO)C(OC2OC(CO)C(OC3OC(CO)C(O)C(O)C3O)C(O)C2O)C(O)C1O)C(O)/C=C/CC/C=C/CCCCCCCCCC. The van der Waals surface area contributed by atoms with Crippen LogP contribution in [0.3, 0.4) is 0 Å². The van der Waals surface area contributed by atoms with E-state index >= 15 is 0 Å². The van der Waals surface area contributed by atoms with Crippen LogP contribution < -0.4 is 5.32 Å². The van der Waals surface area contributed by atoms with Crippen LogP contribution in [-0.4, -0.2) is 193 Å². The van der Waals surface area contributed by atoms with Crippen LogP contribution in [-0.2, 0) is 33.2 Å². The van der Waals surface area contributed by atoms with Crippen molar-refractivity contribution in [2.45, 2.75) is 330 Å². The highest BCUT2D eigenvalue weighted by molar-refractivity contribution is 5.76. The Kier molecular flexibility index (Phi) is 48.5. The Balaban J connectivity index is 1.37. The van der Waals surface area contributed by atoms with Crippen molar-refractivity contribution in [2.75, 3.05) is 26.4 Å². The van der Waals surface area contributed by atoms with E-state index in [1.165, 1.54) is 103 Å². The van der Waals surface area contributed by atoms with Crippen molar-refractivity contribution in [3.8, 4) is 0 Å². The highest BCUT2D eigenvalue weighted by Gasteiger charge is 2.53. The Morgan fingerprint density at radius 2 is 0.761 bits per heavy atom. The molecule has 92 heavy (non-hydrogen) atoms. The molecule has 3 rings (SSSR count). The van der Waals surface area contributed by atoms with Crippen LogP contribution in [0.1, 0.15) is 226 Å². The van der Waals surface area contributed by atoms with Crippen LogP contribution in [0.15, 0.2) is 97.2 Å². The Labute approximate surface area is 552 Å². The number of amides is 1. The Morgan fingerprint density at radius 1 is 0.402 bits per heavy atom. The summed E-state index contributed by atoms with van der Waals surface area (Å²) in [4.78, 5) is 13.4. The molecule has 3 heterocycles. The first-order chi connectivity index (χ1) is 44.8. The number of hydrogen-bond acceptors (Lipinski definition) is 18. The number of carbonyl (C=O) groups is 1. The molecule has 530 valence electrons. The summed E-state index contributed by atoms with van der Waals surface area (Å²) in [5.41, 5.74) is 0. The molecule has 1 amide bonds. The smallest absolute Gasteiger partial charge is 0.220 e. The molecule has 0 radical (unpaired) electrons. The average molecular weight is 1300 g/mol. The highest BCUT2D eigenvalue weighted by Crippen LogP contribution is 2.33. The van der Waals surface area contributed by atoms with Crippen LogP contribution in [0.2, 0.25) is 0 Å². The minimum absolute atomic E-state index is 0.230. The second-order valence-electron chi connectivity index (χ2n) is 25.0. The van der Waals surface area contributed by atoms with Gasteiger partial charge in [-0.2, -0.15) is 0 Å². The van der Waals surface area contributed by atoms with Gasteiger partial charge in [-0.05, 0) is 83.5 Å². The minimum atomic E-state index is -1.98. The van der Waals surface area contributed by atoms with Crippen molar-refractivity contribution in [2.24, 2.45) is 0 Å². The molecule has 3 aliphatic heterocycles. The van der Waals surface area contributed by atoms with E-state index in [9.17, 15) is 61.0 Å². The van der Waals surface area contributed by atoms with Gasteiger partial charge in [-0.3, -0.25) is 4.79 Å². The van der Waals surface area contributed by atoms with E-state index in [0.717, 1.165) is 89.9 Å². The number of rotatable bonds is 53. The van der Waals surface area contributed by atoms with Gasteiger partial charge in [0.05, 0.1) is 38.6 Å². The molecular formula is C73H125NO18. The highest BCUT2D eigenvalue weighted by atomic mass is 16.8. The molecular weight excluding hydrogens is 1180 g/mol. The zero-order valence-electron chi connectivity index (χ0n) is 56.0. The van der Waals surface area contributed by atoms with Gasteiger partial charge in [0.15, 0.2) is 18.9 Å². The van der Waals surface area contributed by atoms with Crippen molar-refractivity contribution in [3.05, 3.63) is 97.2 Å². The lowest BCUT2D eigenvalue weighted by Crippen LogP contribution is -2.66. The molecule has 0 bridgehead atoms. The molecule has 0 aliphatic carbocycles. The van der Waals surface area contributed by atoms with E-state index in [-0.39, 0.29) is 18.9 Å². The molecule has 3 fully saturated rings. The number of hydrogen-bond donors (Lipinski definition) is 12. The Hall–Kier alpha value is -3.29. The van der Waals surface area contributed by atoms with Crippen molar-refractivity contribution in [1.29, 1.82) is 0 Å². The van der Waals surface area contributed by atoms with Crippen LogP contribution >= 0.6 is 0 Å². The summed E-state index contributed by atoms with van der Waals surface area (Å²) >= 11 is 0. The van der Waals surface area contributed by atoms with Crippen molar-refractivity contribution in [3.63, 3.8) is 0 Å². The lowest BCUT2D eigenvalue weighted by molar-refractivity contribution is -0.379. The standard InChI is InChI=1S/C73H125NO18/c1-3-5-7-9-11-13-15-17-19-20-21-22-23-24-25-26-27-28-29-30-31-32-33-34-35-36-37-39-41-43-45-47-49-51-61(79)74-56(57(78)50-48-46-44-42-40-38-18-16-14-12-10-8-6-4-2)55-87-71-67(85)64(82)69(59(53-76)89-71)92-73-68(86)65(83)70(60(54-77)90-73)91-72-66(84)63(81)62(80)58(52-75)88-72/h5,7,11,13,17,19,21-22,24-25,27-28,40,42,48,50,56-60,62-73,75-78,80-86H,3-4,6,8-10,12,14-16,18,20,23,26,29-39,41,43-47,49,51-55H2,1-2H3,(H,74,79)/b7-5-,13-11-,19-17-,22-21-,25-24-,28-27-,42-40+,50-48+. The van der Waals surface area contributed by atoms with Gasteiger partial charge in [0.25, 0.3) is 0 Å². The Morgan fingerprint density at radius 3 is 1.22 bits per heavy atom. The molecule has 19 heteroatoms. The zero-order valence-corrected chi connectivity index (χ0v) is 56.0. The van der Waals surface area contributed by atoms with Crippen molar-refractivity contribution in [1.82, 2.24) is 5.32 Å². The third kappa shape index (κ3) is 35.1. The predicted molar refractivity (Wildman–Crippen MR) is 360 cm³/mol. The number of allylic oxidation sites excluding steroid dienone is 15. The zero-order chi connectivity index (χ0) is 66.8. The van der Waals surface area contributed by atoms with Gasteiger partial charge in [0.2, 0.25) is 5.91 Å². The first kappa shape index (κ1) is 82.9. The summed E-state index contributed by atoms with van der Waals surface area (Å²) in [6, 6.07) is -0.995. The Bertz CT molecular complexity index is 2040. The average Bonchev–Trinajstić information content (AvgIpc) is 0.840. The maximum absolute atomic E-state index is 13.4. The molecule has 0 saturated carbocycles. The fourth-order valence-electron chi connectivity index (χ4n) is 11.4. The molecule has 0 aromatic carbocycles. The fraction of sp³-hybridized carbons (Fsp3) is 0.767. The van der Waals surface area contributed by atoms with Crippen molar-refractivity contribution < 1.29 is 89.4 Å². The molecule has 0 spiro atoms. The van der Waals surface area contributed by atoms with Gasteiger partial charge in [-0.1, -0.05) is 233 Å². The van der Waals surface area contributed by atoms with Gasteiger partial charge >= 0.3 is 0 Å². The van der Waals surface area contributed by atoms with E-state index in [1.54, 1.807) is 6.08 Å².